The van der Waals surface area contributed by atoms with Crippen molar-refractivity contribution in [2.45, 2.75) is 84.5 Å². The van der Waals surface area contributed by atoms with E-state index in [1.807, 2.05) is 32.0 Å². The number of halogens is 3. The molecule has 1 saturated carbocycles. The van der Waals surface area contributed by atoms with Gasteiger partial charge in [0.1, 0.15) is 6.33 Å². The van der Waals surface area contributed by atoms with E-state index in [9.17, 15) is 22.8 Å². The first-order valence-electron chi connectivity index (χ1n) is 17.6. The average Bonchev–Trinajstić information content (AvgIpc) is 3.48. The summed E-state index contributed by atoms with van der Waals surface area (Å²) in [6.07, 6.45) is 3.44. The van der Waals surface area contributed by atoms with Gasteiger partial charge in [0, 0.05) is 43.4 Å². The van der Waals surface area contributed by atoms with Crippen LogP contribution in [0, 0.1) is 5.92 Å². The number of rotatable bonds is 13. The van der Waals surface area contributed by atoms with Crippen molar-refractivity contribution in [1.82, 2.24) is 14.9 Å². The van der Waals surface area contributed by atoms with Crippen LogP contribution in [0.25, 0.3) is 5.57 Å². The molecule has 1 aromatic heterocycles. The highest BCUT2D eigenvalue weighted by Crippen LogP contribution is 2.39. The summed E-state index contributed by atoms with van der Waals surface area (Å²) in [6, 6.07) is 11.0. The maximum absolute atomic E-state index is 13.7. The zero-order valence-corrected chi connectivity index (χ0v) is 28.7. The van der Waals surface area contributed by atoms with E-state index in [-0.39, 0.29) is 17.7 Å². The standard InChI is InChI=1S/C38H44F3N5O4/c1-3-49-35-33(36(50-4-2)43-24-42-35)46(37(48)26-9-7-10-26)20-8-19-45-22-27-15-18-30(21-28(27)23-45)44-34(47)32-12-6-5-11-31(32)25-13-16-29(17-14-25)38(39,40)41/h13-18,21,24,26H,3-12,19-20,22-23H2,1-2H3,(H,44,47). The molecule has 9 nitrogen and oxygen atoms in total. The summed E-state index contributed by atoms with van der Waals surface area (Å²) in [7, 11) is 0. The number of fused-ring (bicyclic) bond motifs is 1. The van der Waals surface area contributed by atoms with Crippen LogP contribution in [0.3, 0.4) is 0 Å². The monoisotopic (exact) mass is 691 g/mol. The Bertz CT molecular complexity index is 1700. The van der Waals surface area contributed by atoms with Gasteiger partial charge in [-0.05, 0) is 105 Å². The van der Waals surface area contributed by atoms with Crippen LogP contribution in [0.4, 0.5) is 24.5 Å². The minimum atomic E-state index is -4.41. The topological polar surface area (TPSA) is 96.9 Å². The molecular weight excluding hydrogens is 647 g/mol. The fourth-order valence-electron chi connectivity index (χ4n) is 6.97. The number of nitrogens with one attached hydrogen (secondary N) is 1. The van der Waals surface area contributed by atoms with E-state index in [1.54, 1.807) is 4.90 Å². The lowest BCUT2D eigenvalue weighted by Crippen LogP contribution is -2.41. The van der Waals surface area contributed by atoms with Crippen molar-refractivity contribution in [3.8, 4) is 11.8 Å². The lowest BCUT2D eigenvalue weighted by atomic mass is 9.84. The van der Waals surface area contributed by atoms with Crippen LogP contribution in [0.2, 0.25) is 0 Å². The Kier molecular flexibility index (Phi) is 11.1. The molecule has 0 bridgehead atoms. The zero-order valence-electron chi connectivity index (χ0n) is 28.7. The molecule has 2 aliphatic carbocycles. The predicted octanol–water partition coefficient (Wildman–Crippen LogP) is 7.80. The highest BCUT2D eigenvalue weighted by Gasteiger charge is 2.34. The second-order valence-corrected chi connectivity index (χ2v) is 13.1. The van der Waals surface area contributed by atoms with Crippen molar-refractivity contribution in [1.29, 1.82) is 0 Å². The minimum Gasteiger partial charge on any atom is -0.476 e. The number of benzene rings is 2. The summed E-state index contributed by atoms with van der Waals surface area (Å²) < 4.78 is 51.0. The van der Waals surface area contributed by atoms with Gasteiger partial charge in [0.05, 0.1) is 18.8 Å². The number of aromatic nitrogens is 2. The molecule has 1 N–H and O–H groups in total. The van der Waals surface area contributed by atoms with E-state index in [4.69, 9.17) is 9.47 Å². The average molecular weight is 692 g/mol. The van der Waals surface area contributed by atoms with Crippen molar-refractivity contribution in [3.63, 3.8) is 0 Å². The van der Waals surface area contributed by atoms with Crippen molar-refractivity contribution in [3.05, 3.63) is 76.6 Å². The molecule has 6 rings (SSSR count). The van der Waals surface area contributed by atoms with Gasteiger partial charge in [0.15, 0.2) is 5.69 Å². The SMILES string of the molecule is CCOc1ncnc(OCC)c1N(CCCN1Cc2ccc(NC(=O)C3=C(c4ccc(C(F)(F)F)cc4)CCCC3)cc2C1)C(=O)C1CCC1. The third kappa shape index (κ3) is 7.96. The van der Waals surface area contributed by atoms with Gasteiger partial charge >= 0.3 is 6.18 Å². The molecule has 0 unspecified atom stereocenters. The van der Waals surface area contributed by atoms with Crippen LogP contribution in [-0.4, -0.2) is 53.0 Å². The molecule has 0 spiro atoms. The summed E-state index contributed by atoms with van der Waals surface area (Å²) in [5.41, 5.74) is 4.88. The summed E-state index contributed by atoms with van der Waals surface area (Å²) in [5.74, 6) is 0.495. The number of carbonyl (C=O) groups is 2. The van der Waals surface area contributed by atoms with Gasteiger partial charge in [-0.1, -0.05) is 24.6 Å². The number of alkyl halides is 3. The number of anilines is 2. The molecule has 1 fully saturated rings. The molecule has 0 atom stereocenters. The van der Waals surface area contributed by atoms with Gasteiger partial charge in [0.2, 0.25) is 17.7 Å². The maximum atomic E-state index is 13.7. The molecule has 0 saturated heterocycles. The molecule has 2 aromatic carbocycles. The lowest BCUT2D eigenvalue weighted by Gasteiger charge is -2.33. The maximum Gasteiger partial charge on any atom is 0.416 e. The van der Waals surface area contributed by atoms with Gasteiger partial charge in [-0.25, -0.2) is 0 Å². The molecule has 3 aliphatic rings. The molecule has 12 heteroatoms. The fourth-order valence-corrected chi connectivity index (χ4v) is 6.97. The largest absolute Gasteiger partial charge is 0.476 e. The molecule has 50 heavy (non-hydrogen) atoms. The molecule has 0 radical (unpaired) electrons. The van der Waals surface area contributed by atoms with Crippen LogP contribution in [0.1, 0.15) is 87.5 Å². The predicted molar refractivity (Wildman–Crippen MR) is 185 cm³/mol. The number of nitrogens with zero attached hydrogens (tertiary/aromatic N) is 4. The lowest BCUT2D eigenvalue weighted by molar-refractivity contribution is -0.137. The fraction of sp³-hybridized carbons (Fsp3) is 0.474. The Hall–Kier alpha value is -4.45. The van der Waals surface area contributed by atoms with Gasteiger partial charge < -0.3 is 19.7 Å². The van der Waals surface area contributed by atoms with E-state index < -0.39 is 11.7 Å². The molecule has 1 aliphatic heterocycles. The van der Waals surface area contributed by atoms with E-state index in [0.717, 1.165) is 68.5 Å². The summed E-state index contributed by atoms with van der Waals surface area (Å²) in [4.78, 5) is 40.0. The summed E-state index contributed by atoms with van der Waals surface area (Å²) in [5, 5.41) is 3.06. The highest BCUT2D eigenvalue weighted by molar-refractivity contribution is 6.09. The number of ether oxygens (including phenoxy) is 2. The normalized spacial score (nSPS) is 16.5. The van der Waals surface area contributed by atoms with Gasteiger partial charge in [0.25, 0.3) is 5.91 Å². The molecule has 2 heterocycles. The third-order valence-corrected chi connectivity index (χ3v) is 9.72. The Morgan fingerprint density at radius 1 is 0.920 bits per heavy atom. The van der Waals surface area contributed by atoms with Gasteiger partial charge in [-0.3, -0.25) is 14.5 Å². The second kappa shape index (κ2) is 15.6. The van der Waals surface area contributed by atoms with Crippen LogP contribution in [0.5, 0.6) is 11.8 Å². The highest BCUT2D eigenvalue weighted by atomic mass is 19.4. The number of amides is 2. The third-order valence-electron chi connectivity index (χ3n) is 9.72. The van der Waals surface area contributed by atoms with Gasteiger partial charge in [-0.2, -0.15) is 23.1 Å². The Morgan fingerprint density at radius 2 is 1.60 bits per heavy atom. The first kappa shape index (κ1) is 35.4. The van der Waals surface area contributed by atoms with Crippen molar-refractivity contribution in [2.24, 2.45) is 5.92 Å². The minimum absolute atomic E-state index is 0.0285. The van der Waals surface area contributed by atoms with E-state index in [2.05, 4.69) is 20.2 Å². The summed E-state index contributed by atoms with van der Waals surface area (Å²) >= 11 is 0. The Balaban J connectivity index is 1.11. The summed E-state index contributed by atoms with van der Waals surface area (Å²) in [6.45, 7) is 7.22. The van der Waals surface area contributed by atoms with Crippen molar-refractivity contribution >= 4 is 28.8 Å². The first-order valence-corrected chi connectivity index (χ1v) is 17.6. The first-order chi connectivity index (χ1) is 24.2. The van der Waals surface area contributed by atoms with Crippen molar-refractivity contribution < 1.29 is 32.2 Å². The number of hydrogen-bond acceptors (Lipinski definition) is 7. The number of allylic oxidation sites excluding steroid dienone is 1. The van der Waals surface area contributed by atoms with E-state index in [0.29, 0.717) is 79.8 Å². The van der Waals surface area contributed by atoms with Crippen LogP contribution >= 0.6 is 0 Å². The van der Waals surface area contributed by atoms with E-state index in [1.165, 1.54) is 24.0 Å². The zero-order chi connectivity index (χ0) is 35.3. The molecule has 3 aromatic rings. The van der Waals surface area contributed by atoms with Crippen molar-refractivity contribution in [2.75, 3.05) is 36.5 Å². The van der Waals surface area contributed by atoms with Gasteiger partial charge in [-0.15, -0.1) is 0 Å². The van der Waals surface area contributed by atoms with Crippen LogP contribution in [-0.2, 0) is 28.9 Å². The van der Waals surface area contributed by atoms with Crippen LogP contribution < -0.4 is 19.7 Å². The second-order valence-electron chi connectivity index (χ2n) is 13.1. The quantitative estimate of drug-likeness (QED) is 0.195. The molecular formula is C38H44F3N5O4. The van der Waals surface area contributed by atoms with Crippen LogP contribution in [0.15, 0.2) is 54.4 Å². The number of hydrogen-bond donors (Lipinski definition) is 1. The smallest absolute Gasteiger partial charge is 0.416 e. The Labute approximate surface area is 290 Å². The number of carbonyl (C=O) groups excluding carboxylic acids is 2. The molecule has 266 valence electrons. The molecule has 2 amide bonds. The Morgan fingerprint density at radius 3 is 2.24 bits per heavy atom. The van der Waals surface area contributed by atoms with E-state index >= 15 is 0 Å².